The van der Waals surface area contributed by atoms with Crippen molar-refractivity contribution in [1.29, 1.82) is 0 Å². The van der Waals surface area contributed by atoms with Crippen molar-refractivity contribution >= 4 is 29.9 Å². The molecule has 0 amide bonds. The van der Waals surface area contributed by atoms with Gasteiger partial charge in [-0.15, -0.1) is 24.0 Å². The molecule has 0 radical (unpaired) electrons. The number of halogens is 1. The van der Waals surface area contributed by atoms with Crippen LogP contribution in [-0.4, -0.2) is 46.0 Å². The Labute approximate surface area is 162 Å². The molecule has 0 aromatic heterocycles. The summed E-state index contributed by atoms with van der Waals surface area (Å²) in [5, 5.41) is 6.52. The van der Waals surface area contributed by atoms with E-state index in [2.05, 4.69) is 15.6 Å². The van der Waals surface area contributed by atoms with Crippen LogP contribution in [0.4, 0.5) is 0 Å². The highest BCUT2D eigenvalue weighted by Gasteiger charge is 2.16. The van der Waals surface area contributed by atoms with Crippen LogP contribution in [0.25, 0.3) is 0 Å². The van der Waals surface area contributed by atoms with Crippen molar-refractivity contribution in [3.05, 3.63) is 23.8 Å². The number of hydrogen-bond acceptors (Lipinski definition) is 4. The van der Waals surface area contributed by atoms with Gasteiger partial charge in [-0.25, -0.2) is 4.99 Å². The van der Waals surface area contributed by atoms with E-state index < -0.39 is 0 Å². The van der Waals surface area contributed by atoms with Crippen molar-refractivity contribution in [3.63, 3.8) is 0 Å². The summed E-state index contributed by atoms with van der Waals surface area (Å²) in [4.78, 5) is 4.61. The van der Waals surface area contributed by atoms with Gasteiger partial charge in [0.1, 0.15) is 0 Å². The molecule has 6 nitrogen and oxygen atoms in total. The minimum Gasteiger partial charge on any atom is -0.493 e. The number of aliphatic imine (C=N–C) groups is 1. The van der Waals surface area contributed by atoms with Crippen molar-refractivity contribution in [2.45, 2.75) is 32.9 Å². The van der Waals surface area contributed by atoms with E-state index >= 15 is 0 Å². The lowest BCUT2D eigenvalue weighted by molar-refractivity contribution is 0.0268. The van der Waals surface area contributed by atoms with Gasteiger partial charge in [0.15, 0.2) is 17.5 Å². The van der Waals surface area contributed by atoms with Crippen molar-refractivity contribution in [2.24, 2.45) is 4.99 Å². The van der Waals surface area contributed by atoms with Gasteiger partial charge in [0, 0.05) is 25.8 Å². The second-order valence-electron chi connectivity index (χ2n) is 5.67. The molecule has 0 unspecified atom stereocenters. The predicted octanol–water partition coefficient (Wildman–Crippen LogP) is 2.80. The maximum atomic E-state index is 5.44. The van der Waals surface area contributed by atoms with Gasteiger partial charge in [-0.3, -0.25) is 0 Å². The lowest BCUT2D eigenvalue weighted by atomic mass is 10.1. The summed E-state index contributed by atoms with van der Waals surface area (Å²) in [5.74, 6) is 2.16. The molecular formula is C17H30IN3O3. The molecule has 0 aliphatic heterocycles. The second kappa shape index (κ2) is 11.4. The molecule has 0 bridgehead atoms. The minimum atomic E-state index is -0.260. The zero-order chi connectivity index (χ0) is 17.3. The molecule has 1 aromatic rings. The highest BCUT2D eigenvalue weighted by Crippen LogP contribution is 2.30. The lowest BCUT2D eigenvalue weighted by Crippen LogP contribution is -2.45. The molecule has 1 rings (SSSR count). The van der Waals surface area contributed by atoms with E-state index in [1.165, 1.54) is 0 Å². The van der Waals surface area contributed by atoms with Crippen LogP contribution in [0.1, 0.15) is 26.3 Å². The largest absolute Gasteiger partial charge is 0.493 e. The first-order valence-electron chi connectivity index (χ1n) is 7.74. The van der Waals surface area contributed by atoms with Crippen LogP contribution in [0.5, 0.6) is 11.5 Å². The van der Waals surface area contributed by atoms with Gasteiger partial charge in [-0.2, -0.15) is 0 Å². The summed E-state index contributed by atoms with van der Waals surface area (Å²) in [6.45, 7) is 8.01. The van der Waals surface area contributed by atoms with Crippen LogP contribution in [0.2, 0.25) is 0 Å². The molecule has 1 aromatic carbocycles. The lowest BCUT2D eigenvalue weighted by Gasteiger charge is -2.24. The summed E-state index contributed by atoms with van der Waals surface area (Å²) in [5.41, 5.74) is 0.708. The molecule has 0 spiro atoms. The molecule has 7 heteroatoms. The van der Waals surface area contributed by atoms with Crippen molar-refractivity contribution < 1.29 is 14.2 Å². The second-order valence-corrected chi connectivity index (χ2v) is 5.67. The third kappa shape index (κ3) is 7.12. The van der Waals surface area contributed by atoms with E-state index in [-0.39, 0.29) is 29.6 Å². The zero-order valence-corrected chi connectivity index (χ0v) is 17.8. The topological polar surface area (TPSA) is 64.1 Å². The Kier molecular flexibility index (Phi) is 10.8. The Hall–Kier alpha value is -1.22. The number of nitrogens with zero attached hydrogens (tertiary/aromatic N) is 1. The van der Waals surface area contributed by atoms with Crippen LogP contribution in [0.3, 0.4) is 0 Å². The third-order valence-electron chi connectivity index (χ3n) is 3.47. The molecule has 0 aliphatic rings. The highest BCUT2D eigenvalue weighted by molar-refractivity contribution is 14.0. The molecule has 0 saturated carbocycles. The van der Waals surface area contributed by atoms with Gasteiger partial charge in [0.25, 0.3) is 0 Å². The maximum absolute atomic E-state index is 5.44. The summed E-state index contributed by atoms with van der Waals surface area (Å²) in [7, 11) is 4.96. The van der Waals surface area contributed by atoms with Gasteiger partial charge in [0.2, 0.25) is 0 Å². The minimum absolute atomic E-state index is 0. The van der Waals surface area contributed by atoms with E-state index in [1.54, 1.807) is 21.3 Å². The number of para-hydroxylation sites is 1. The van der Waals surface area contributed by atoms with Crippen molar-refractivity contribution in [2.75, 3.05) is 34.4 Å². The number of nitrogens with one attached hydrogen (secondary N) is 2. The van der Waals surface area contributed by atoms with E-state index in [9.17, 15) is 0 Å². The number of benzene rings is 1. The van der Waals surface area contributed by atoms with Gasteiger partial charge < -0.3 is 24.8 Å². The number of rotatable bonds is 8. The fraction of sp³-hybridized carbons (Fsp3) is 0.588. The smallest absolute Gasteiger partial charge is 0.191 e. The molecule has 0 atom stereocenters. The Morgan fingerprint density at radius 2 is 1.83 bits per heavy atom. The van der Waals surface area contributed by atoms with E-state index in [1.807, 2.05) is 39.0 Å². The standard InChI is InChI=1S/C17H29N3O3.HI/c1-7-18-16(20-12-17(2,3)23-6)19-11-13-9-8-10-14(21-4)15(13)22-5;/h8-10H,7,11-12H2,1-6H3,(H2,18,19,20);1H. The first-order chi connectivity index (χ1) is 11.0. The third-order valence-corrected chi connectivity index (χ3v) is 3.47. The first-order valence-corrected chi connectivity index (χ1v) is 7.74. The number of ether oxygens (including phenoxy) is 3. The molecule has 0 aliphatic carbocycles. The zero-order valence-electron chi connectivity index (χ0n) is 15.4. The molecule has 0 heterocycles. The molecule has 24 heavy (non-hydrogen) atoms. The maximum Gasteiger partial charge on any atom is 0.191 e. The van der Waals surface area contributed by atoms with Gasteiger partial charge in [0.05, 0.1) is 26.4 Å². The summed E-state index contributed by atoms with van der Waals surface area (Å²) < 4.78 is 16.2. The predicted molar refractivity (Wildman–Crippen MR) is 109 cm³/mol. The molecule has 0 saturated heterocycles. The van der Waals surface area contributed by atoms with Crippen molar-refractivity contribution in [3.8, 4) is 11.5 Å². The first kappa shape index (κ1) is 22.8. The fourth-order valence-electron chi connectivity index (χ4n) is 1.95. The highest BCUT2D eigenvalue weighted by atomic mass is 127. The normalized spacial score (nSPS) is 11.5. The molecule has 0 fully saturated rings. The Morgan fingerprint density at radius 1 is 1.12 bits per heavy atom. The van der Waals surface area contributed by atoms with E-state index in [4.69, 9.17) is 14.2 Å². The average molecular weight is 451 g/mol. The van der Waals surface area contributed by atoms with Gasteiger partial charge >= 0.3 is 0 Å². The molecule has 138 valence electrons. The van der Waals surface area contributed by atoms with E-state index in [0.717, 1.165) is 18.1 Å². The van der Waals surface area contributed by atoms with Crippen LogP contribution in [-0.2, 0) is 11.3 Å². The van der Waals surface area contributed by atoms with Crippen molar-refractivity contribution in [1.82, 2.24) is 10.6 Å². The fourth-order valence-corrected chi connectivity index (χ4v) is 1.95. The Bertz CT molecular complexity index is 522. The van der Waals surface area contributed by atoms with Gasteiger partial charge in [-0.05, 0) is 26.8 Å². The molecular weight excluding hydrogens is 421 g/mol. The average Bonchev–Trinajstić information content (AvgIpc) is 2.56. The van der Waals surface area contributed by atoms with Crippen LogP contribution >= 0.6 is 24.0 Å². The van der Waals surface area contributed by atoms with Crippen LogP contribution < -0.4 is 20.1 Å². The summed E-state index contributed by atoms with van der Waals surface area (Å²) in [6.07, 6.45) is 0. The number of methoxy groups -OCH3 is 3. The Balaban J connectivity index is 0.00000529. The summed E-state index contributed by atoms with van der Waals surface area (Å²) >= 11 is 0. The van der Waals surface area contributed by atoms with E-state index in [0.29, 0.717) is 24.6 Å². The summed E-state index contributed by atoms with van der Waals surface area (Å²) in [6, 6.07) is 5.78. The number of guanidine groups is 1. The Morgan fingerprint density at radius 3 is 2.38 bits per heavy atom. The quantitative estimate of drug-likeness (QED) is 0.362. The van der Waals surface area contributed by atoms with Crippen LogP contribution in [0, 0.1) is 0 Å². The van der Waals surface area contributed by atoms with Gasteiger partial charge in [-0.1, -0.05) is 12.1 Å². The monoisotopic (exact) mass is 451 g/mol. The van der Waals surface area contributed by atoms with Crippen LogP contribution in [0.15, 0.2) is 23.2 Å². The molecule has 2 N–H and O–H groups in total. The SMILES string of the molecule is CCNC(=NCc1cccc(OC)c1OC)NCC(C)(C)OC.I. The number of hydrogen-bond donors (Lipinski definition) is 2.